The molecule has 80 valence electrons. The number of hydrogen-bond acceptors (Lipinski definition) is 1. The van der Waals surface area contributed by atoms with Gasteiger partial charge in [-0.25, -0.2) is 0 Å². The predicted molar refractivity (Wildman–Crippen MR) is 60.1 cm³/mol. The molecular weight excluding hydrogens is 200 g/mol. The van der Waals surface area contributed by atoms with Crippen LogP contribution < -0.4 is 0 Å². The van der Waals surface area contributed by atoms with Crippen molar-refractivity contribution < 1.29 is 9.90 Å². The van der Waals surface area contributed by atoms with E-state index in [9.17, 15) is 4.79 Å². The van der Waals surface area contributed by atoms with E-state index in [-0.39, 0.29) is 17.8 Å². The van der Waals surface area contributed by atoms with Crippen molar-refractivity contribution in [2.45, 2.75) is 18.8 Å². The molecule has 3 aliphatic rings. The molecule has 2 nitrogen and oxygen atoms in total. The second-order valence-electron chi connectivity index (χ2n) is 5.04. The summed E-state index contributed by atoms with van der Waals surface area (Å²) in [5.74, 6) is -0.267. The van der Waals surface area contributed by atoms with E-state index in [0.717, 1.165) is 12.8 Å². The summed E-state index contributed by atoms with van der Waals surface area (Å²) in [4.78, 5) is 11.1. The van der Waals surface area contributed by atoms with E-state index in [2.05, 4.69) is 24.3 Å². The minimum Gasteiger partial charge on any atom is -0.481 e. The zero-order valence-electron chi connectivity index (χ0n) is 8.81. The second-order valence-corrected chi connectivity index (χ2v) is 5.04. The van der Waals surface area contributed by atoms with Crippen LogP contribution in [0, 0.1) is 11.8 Å². The fraction of sp³-hybridized carbons (Fsp3) is 0.357. The first-order chi connectivity index (χ1) is 7.77. The minimum atomic E-state index is -0.635. The number of hydrogen-bond donors (Lipinski definition) is 1. The van der Waals surface area contributed by atoms with Crippen LogP contribution in [0.3, 0.4) is 0 Å². The first-order valence-corrected chi connectivity index (χ1v) is 5.83. The van der Waals surface area contributed by atoms with Gasteiger partial charge >= 0.3 is 5.97 Å². The SMILES string of the molecule is O=C(O)[C@@H]1[C@H]2C=C3CCc4cccc(c43)[C@H]21. The lowest BCUT2D eigenvalue weighted by molar-refractivity contribution is -0.138. The van der Waals surface area contributed by atoms with Crippen molar-refractivity contribution in [1.29, 1.82) is 0 Å². The summed E-state index contributed by atoms with van der Waals surface area (Å²) in [6.45, 7) is 0. The van der Waals surface area contributed by atoms with Crippen LogP contribution in [0.4, 0.5) is 0 Å². The van der Waals surface area contributed by atoms with Gasteiger partial charge in [0.1, 0.15) is 0 Å². The van der Waals surface area contributed by atoms with Gasteiger partial charge in [0.2, 0.25) is 0 Å². The Labute approximate surface area is 93.6 Å². The number of carbonyl (C=O) groups is 1. The molecule has 0 radical (unpaired) electrons. The Balaban J connectivity index is 1.93. The Morgan fingerprint density at radius 2 is 2.19 bits per heavy atom. The van der Waals surface area contributed by atoms with Crippen LogP contribution >= 0.6 is 0 Å². The van der Waals surface area contributed by atoms with Gasteiger partial charge in [-0.2, -0.15) is 0 Å². The summed E-state index contributed by atoms with van der Waals surface area (Å²) < 4.78 is 0. The molecular formula is C14H12O2. The average molecular weight is 212 g/mol. The van der Waals surface area contributed by atoms with E-state index >= 15 is 0 Å². The summed E-state index contributed by atoms with van der Waals surface area (Å²) in [6, 6.07) is 6.38. The zero-order valence-corrected chi connectivity index (χ0v) is 8.81. The highest BCUT2D eigenvalue weighted by Crippen LogP contribution is 2.61. The molecule has 1 fully saturated rings. The number of rotatable bonds is 1. The Morgan fingerprint density at radius 1 is 1.31 bits per heavy atom. The number of benzene rings is 1. The third kappa shape index (κ3) is 0.861. The first-order valence-electron chi connectivity index (χ1n) is 5.83. The van der Waals surface area contributed by atoms with Crippen LogP contribution in [0.25, 0.3) is 5.57 Å². The van der Waals surface area contributed by atoms with Gasteiger partial charge in [0.15, 0.2) is 0 Å². The summed E-state index contributed by atoms with van der Waals surface area (Å²) in [5, 5.41) is 9.15. The molecule has 3 atom stereocenters. The van der Waals surface area contributed by atoms with Gasteiger partial charge in [-0.1, -0.05) is 24.3 Å². The fourth-order valence-corrected chi connectivity index (χ4v) is 3.55. The van der Waals surface area contributed by atoms with E-state index in [1.54, 1.807) is 0 Å². The third-order valence-electron chi connectivity index (χ3n) is 4.28. The monoisotopic (exact) mass is 212 g/mol. The van der Waals surface area contributed by atoms with Crippen LogP contribution in [-0.4, -0.2) is 11.1 Å². The molecule has 0 unspecified atom stereocenters. The molecule has 0 saturated heterocycles. The van der Waals surface area contributed by atoms with Crippen molar-refractivity contribution in [1.82, 2.24) is 0 Å². The molecule has 3 aliphatic carbocycles. The van der Waals surface area contributed by atoms with Crippen molar-refractivity contribution in [3.63, 3.8) is 0 Å². The van der Waals surface area contributed by atoms with Gasteiger partial charge in [-0.15, -0.1) is 0 Å². The number of aliphatic carboxylic acids is 1. The van der Waals surface area contributed by atoms with E-state index in [4.69, 9.17) is 5.11 Å². The highest BCUT2D eigenvalue weighted by Gasteiger charge is 2.57. The van der Waals surface area contributed by atoms with Crippen LogP contribution in [0.2, 0.25) is 0 Å². The van der Waals surface area contributed by atoms with Crippen molar-refractivity contribution in [2.75, 3.05) is 0 Å². The van der Waals surface area contributed by atoms with Gasteiger partial charge in [0, 0.05) is 5.92 Å². The summed E-state index contributed by atoms with van der Waals surface area (Å²) in [6.07, 6.45) is 4.45. The Hall–Kier alpha value is -1.57. The Morgan fingerprint density at radius 3 is 3.00 bits per heavy atom. The third-order valence-corrected chi connectivity index (χ3v) is 4.28. The molecule has 1 N–H and O–H groups in total. The maximum atomic E-state index is 11.1. The second kappa shape index (κ2) is 2.57. The highest BCUT2D eigenvalue weighted by atomic mass is 16.4. The maximum absolute atomic E-state index is 11.1. The summed E-state index contributed by atoms with van der Waals surface area (Å²) in [5.41, 5.74) is 5.49. The summed E-state index contributed by atoms with van der Waals surface area (Å²) >= 11 is 0. The van der Waals surface area contributed by atoms with Gasteiger partial charge in [0.05, 0.1) is 5.92 Å². The smallest absolute Gasteiger partial charge is 0.307 e. The molecule has 1 aromatic carbocycles. The molecule has 0 spiro atoms. The number of carboxylic acid groups (broad SMARTS) is 1. The molecule has 1 saturated carbocycles. The van der Waals surface area contributed by atoms with Gasteiger partial charge < -0.3 is 5.11 Å². The quantitative estimate of drug-likeness (QED) is 0.776. The molecule has 16 heavy (non-hydrogen) atoms. The number of aryl methyl sites for hydroxylation is 1. The van der Waals surface area contributed by atoms with Gasteiger partial charge in [-0.05, 0) is 41.0 Å². The molecule has 0 aliphatic heterocycles. The lowest BCUT2D eigenvalue weighted by Crippen LogP contribution is -2.00. The predicted octanol–water partition coefficient (Wildman–Crippen LogP) is 2.44. The topological polar surface area (TPSA) is 37.3 Å². The lowest BCUT2D eigenvalue weighted by Gasteiger charge is -2.13. The molecule has 0 bridgehead atoms. The lowest BCUT2D eigenvalue weighted by atomic mass is 9.91. The maximum Gasteiger partial charge on any atom is 0.307 e. The zero-order chi connectivity index (χ0) is 10.9. The number of fused-ring (bicyclic) bond motifs is 2. The van der Waals surface area contributed by atoms with Crippen molar-refractivity contribution in [2.24, 2.45) is 11.8 Å². The molecule has 0 aromatic heterocycles. The molecule has 4 rings (SSSR count). The van der Waals surface area contributed by atoms with E-state index in [0.29, 0.717) is 0 Å². The number of carboxylic acids is 1. The molecule has 1 aromatic rings. The Bertz CT molecular complexity index is 542. The van der Waals surface area contributed by atoms with Crippen LogP contribution in [0.1, 0.15) is 29.0 Å². The molecule has 0 heterocycles. The van der Waals surface area contributed by atoms with Gasteiger partial charge in [-0.3, -0.25) is 4.79 Å². The van der Waals surface area contributed by atoms with E-state index < -0.39 is 5.97 Å². The normalized spacial score (nSPS) is 32.8. The first kappa shape index (κ1) is 8.57. The average Bonchev–Trinajstić information content (AvgIpc) is 2.86. The molecule has 2 heteroatoms. The van der Waals surface area contributed by atoms with Crippen molar-refractivity contribution in [3.05, 3.63) is 41.0 Å². The fourth-order valence-electron chi connectivity index (χ4n) is 3.55. The van der Waals surface area contributed by atoms with Crippen LogP contribution in [0.5, 0.6) is 0 Å². The highest BCUT2D eigenvalue weighted by molar-refractivity contribution is 5.85. The summed E-state index contributed by atoms with van der Waals surface area (Å²) in [7, 11) is 0. The Kier molecular flexibility index (Phi) is 1.37. The van der Waals surface area contributed by atoms with Crippen molar-refractivity contribution >= 4 is 11.5 Å². The van der Waals surface area contributed by atoms with E-state index in [1.165, 1.54) is 22.3 Å². The van der Waals surface area contributed by atoms with Crippen LogP contribution in [-0.2, 0) is 11.2 Å². The van der Waals surface area contributed by atoms with Gasteiger partial charge in [0.25, 0.3) is 0 Å². The molecule has 0 amide bonds. The van der Waals surface area contributed by atoms with Crippen LogP contribution in [0.15, 0.2) is 24.3 Å². The number of allylic oxidation sites excluding steroid dienone is 2. The largest absolute Gasteiger partial charge is 0.481 e. The van der Waals surface area contributed by atoms with Crippen molar-refractivity contribution in [3.8, 4) is 0 Å². The van der Waals surface area contributed by atoms with E-state index in [1.807, 2.05) is 0 Å². The standard InChI is InChI=1S/C14H12O2/c15-14(16)13-10-6-8-5-4-7-2-1-3-9(11(7)8)12(10)13/h1-3,6,10,12-13H,4-5H2,(H,15,16)/t10-,12+,13+/m0/s1. The minimum absolute atomic E-state index is 0.162.